The van der Waals surface area contributed by atoms with E-state index in [4.69, 9.17) is 0 Å². The van der Waals surface area contributed by atoms with Crippen molar-refractivity contribution < 1.29 is 4.79 Å². The number of anilines is 1. The predicted octanol–water partition coefficient (Wildman–Crippen LogP) is 2.04. The van der Waals surface area contributed by atoms with E-state index in [0.717, 1.165) is 22.5 Å². The van der Waals surface area contributed by atoms with Gasteiger partial charge < -0.3 is 0 Å². The van der Waals surface area contributed by atoms with E-state index in [1.54, 1.807) is 6.92 Å². The molecule has 0 spiro atoms. The molecule has 1 atom stereocenters. The lowest BCUT2D eigenvalue weighted by Gasteiger charge is -2.08. The summed E-state index contributed by atoms with van der Waals surface area (Å²) in [5, 5.41) is 20.7. The van der Waals surface area contributed by atoms with Gasteiger partial charge in [-0.05, 0) is 25.5 Å². The van der Waals surface area contributed by atoms with E-state index in [2.05, 4.69) is 25.7 Å². The van der Waals surface area contributed by atoms with Crippen molar-refractivity contribution in [1.29, 1.82) is 0 Å². The number of carbonyl (C=O) groups excluding carboxylic acids is 1. The Morgan fingerprint density at radius 2 is 1.95 bits per heavy atom. The molecule has 0 fully saturated rings. The van der Waals surface area contributed by atoms with E-state index in [1.165, 1.54) is 16.1 Å². The van der Waals surface area contributed by atoms with Gasteiger partial charge in [-0.25, -0.2) is 0 Å². The summed E-state index contributed by atoms with van der Waals surface area (Å²) in [6, 6.07) is 6.98. The molecular weight excluding hydrogens is 288 g/mol. The number of rotatable bonds is 4. The predicted molar refractivity (Wildman–Crippen MR) is 80.2 cm³/mol. The maximum Gasteiger partial charge on any atom is 0.252 e. The zero-order valence-corrected chi connectivity index (χ0v) is 12.5. The molecule has 3 rings (SSSR count). The Balaban J connectivity index is 1.77. The van der Waals surface area contributed by atoms with E-state index in [9.17, 15) is 4.79 Å². The zero-order valence-electron chi connectivity index (χ0n) is 11.6. The summed E-state index contributed by atoms with van der Waals surface area (Å²) < 4.78 is 0. The number of hydrogen-bond acceptors (Lipinski definition) is 6. The summed E-state index contributed by atoms with van der Waals surface area (Å²) in [7, 11) is 0. The minimum Gasteiger partial charge on any atom is -0.299 e. The fraction of sp³-hybridized carbons (Fsp3) is 0.308. The van der Waals surface area contributed by atoms with Gasteiger partial charge in [0.25, 0.3) is 5.91 Å². The number of amides is 1. The SMILES string of the molecule is CCc1nnc(NC(=O)C(C)n2nc3ccccc3n2)s1. The van der Waals surface area contributed by atoms with Crippen LogP contribution in [0.2, 0.25) is 0 Å². The molecule has 0 saturated carbocycles. The fourth-order valence-corrected chi connectivity index (χ4v) is 2.49. The average Bonchev–Trinajstić information content (AvgIpc) is 3.12. The quantitative estimate of drug-likeness (QED) is 0.797. The molecule has 0 aliphatic rings. The lowest BCUT2D eigenvalue weighted by molar-refractivity contribution is -0.119. The van der Waals surface area contributed by atoms with E-state index in [0.29, 0.717) is 5.13 Å². The highest BCUT2D eigenvalue weighted by molar-refractivity contribution is 7.15. The monoisotopic (exact) mass is 302 g/mol. The maximum atomic E-state index is 12.2. The third-order valence-electron chi connectivity index (χ3n) is 3.03. The summed E-state index contributed by atoms with van der Waals surface area (Å²) >= 11 is 1.37. The standard InChI is InChI=1S/C13H14N6OS/c1-3-11-15-16-13(21-11)14-12(20)8(2)19-17-9-6-4-5-7-10(9)18-19/h4-8H,3H2,1-2H3,(H,14,16,20). The van der Waals surface area contributed by atoms with Crippen molar-refractivity contribution in [3.05, 3.63) is 29.3 Å². The van der Waals surface area contributed by atoms with Crippen molar-refractivity contribution in [1.82, 2.24) is 25.2 Å². The average molecular weight is 302 g/mol. The van der Waals surface area contributed by atoms with Crippen molar-refractivity contribution >= 4 is 33.4 Å². The Morgan fingerprint density at radius 3 is 2.52 bits per heavy atom. The second kappa shape index (κ2) is 5.57. The second-order valence-electron chi connectivity index (χ2n) is 4.53. The fourth-order valence-electron chi connectivity index (χ4n) is 1.81. The highest BCUT2D eigenvalue weighted by Crippen LogP contribution is 2.17. The molecular formula is C13H14N6OS. The molecule has 2 heterocycles. The molecule has 2 aromatic heterocycles. The van der Waals surface area contributed by atoms with Gasteiger partial charge in [-0.1, -0.05) is 30.4 Å². The van der Waals surface area contributed by atoms with Gasteiger partial charge in [-0.15, -0.1) is 10.2 Å². The summed E-state index contributed by atoms with van der Waals surface area (Å²) in [6.45, 7) is 3.74. The first-order valence-corrected chi connectivity index (χ1v) is 7.44. The van der Waals surface area contributed by atoms with Crippen molar-refractivity contribution in [2.45, 2.75) is 26.3 Å². The molecule has 21 heavy (non-hydrogen) atoms. The Bertz CT molecular complexity index is 747. The van der Waals surface area contributed by atoms with Crippen molar-refractivity contribution in [3.63, 3.8) is 0 Å². The molecule has 1 N–H and O–H groups in total. The zero-order chi connectivity index (χ0) is 14.8. The first kappa shape index (κ1) is 13.6. The molecule has 0 radical (unpaired) electrons. The third kappa shape index (κ3) is 2.75. The van der Waals surface area contributed by atoms with E-state index < -0.39 is 6.04 Å². The molecule has 0 aliphatic carbocycles. The molecule has 1 unspecified atom stereocenters. The van der Waals surface area contributed by atoms with Gasteiger partial charge in [-0.3, -0.25) is 10.1 Å². The van der Waals surface area contributed by atoms with Gasteiger partial charge in [0.05, 0.1) is 0 Å². The number of fused-ring (bicyclic) bond motifs is 1. The van der Waals surface area contributed by atoms with Crippen LogP contribution in [0.4, 0.5) is 5.13 Å². The number of nitrogens with one attached hydrogen (secondary N) is 1. The molecule has 1 aromatic carbocycles. The third-order valence-corrected chi connectivity index (χ3v) is 4.01. The Kier molecular flexibility index (Phi) is 3.61. The van der Waals surface area contributed by atoms with E-state index >= 15 is 0 Å². The lowest BCUT2D eigenvalue weighted by atomic mass is 10.3. The maximum absolute atomic E-state index is 12.2. The van der Waals surface area contributed by atoms with Crippen LogP contribution in [0, 0.1) is 0 Å². The molecule has 0 aliphatic heterocycles. The molecule has 1 amide bonds. The minimum atomic E-state index is -0.522. The van der Waals surface area contributed by atoms with Crippen molar-refractivity contribution in [2.24, 2.45) is 0 Å². The van der Waals surface area contributed by atoms with Crippen LogP contribution in [0.5, 0.6) is 0 Å². The van der Waals surface area contributed by atoms with Gasteiger partial charge in [-0.2, -0.15) is 15.0 Å². The molecule has 3 aromatic rings. The Labute approximate surface area is 125 Å². The first-order valence-electron chi connectivity index (χ1n) is 6.62. The summed E-state index contributed by atoms with van der Waals surface area (Å²) in [4.78, 5) is 13.6. The molecule has 0 saturated heterocycles. The number of benzene rings is 1. The van der Waals surface area contributed by atoms with Crippen LogP contribution in [0.25, 0.3) is 11.0 Å². The smallest absolute Gasteiger partial charge is 0.252 e. The largest absolute Gasteiger partial charge is 0.299 e. The first-order chi connectivity index (χ1) is 10.2. The Hall–Kier alpha value is -2.35. The molecule has 8 heteroatoms. The summed E-state index contributed by atoms with van der Waals surface area (Å²) in [5.74, 6) is -0.214. The van der Waals surface area contributed by atoms with Crippen LogP contribution in [-0.2, 0) is 11.2 Å². The molecule has 0 bridgehead atoms. The number of carbonyl (C=O) groups is 1. The van der Waals surface area contributed by atoms with Crippen molar-refractivity contribution in [3.8, 4) is 0 Å². The van der Waals surface area contributed by atoms with Gasteiger partial charge >= 0.3 is 0 Å². The van der Waals surface area contributed by atoms with E-state index in [1.807, 2.05) is 31.2 Å². The summed E-state index contributed by atoms with van der Waals surface area (Å²) in [5.41, 5.74) is 1.53. The van der Waals surface area contributed by atoms with Gasteiger partial charge in [0.2, 0.25) is 5.13 Å². The van der Waals surface area contributed by atoms with Crippen LogP contribution >= 0.6 is 11.3 Å². The number of hydrogen-bond donors (Lipinski definition) is 1. The minimum absolute atomic E-state index is 0.214. The normalized spacial score (nSPS) is 12.5. The van der Waals surface area contributed by atoms with Crippen LogP contribution in [-0.4, -0.2) is 31.1 Å². The van der Waals surface area contributed by atoms with Crippen LogP contribution < -0.4 is 5.32 Å². The van der Waals surface area contributed by atoms with Crippen LogP contribution in [0.15, 0.2) is 24.3 Å². The number of nitrogens with zero attached hydrogens (tertiary/aromatic N) is 5. The highest BCUT2D eigenvalue weighted by Gasteiger charge is 2.19. The molecule has 108 valence electrons. The number of aryl methyl sites for hydroxylation is 1. The highest BCUT2D eigenvalue weighted by atomic mass is 32.1. The topological polar surface area (TPSA) is 85.6 Å². The van der Waals surface area contributed by atoms with Gasteiger partial charge in [0.1, 0.15) is 22.1 Å². The molecule has 7 nitrogen and oxygen atoms in total. The van der Waals surface area contributed by atoms with Crippen molar-refractivity contribution in [2.75, 3.05) is 5.32 Å². The number of aromatic nitrogens is 5. The van der Waals surface area contributed by atoms with E-state index in [-0.39, 0.29) is 5.91 Å². The van der Waals surface area contributed by atoms with Crippen LogP contribution in [0.3, 0.4) is 0 Å². The van der Waals surface area contributed by atoms with Gasteiger partial charge in [0, 0.05) is 0 Å². The lowest BCUT2D eigenvalue weighted by Crippen LogP contribution is -2.25. The Morgan fingerprint density at radius 1 is 1.29 bits per heavy atom. The van der Waals surface area contributed by atoms with Gasteiger partial charge in [0.15, 0.2) is 0 Å². The second-order valence-corrected chi connectivity index (χ2v) is 5.59. The van der Waals surface area contributed by atoms with Crippen LogP contribution in [0.1, 0.15) is 24.9 Å². The summed E-state index contributed by atoms with van der Waals surface area (Å²) in [6.07, 6.45) is 0.801.